The van der Waals surface area contributed by atoms with Crippen LogP contribution in [0.3, 0.4) is 0 Å². The summed E-state index contributed by atoms with van der Waals surface area (Å²) in [5.41, 5.74) is 3.20. The van der Waals surface area contributed by atoms with Gasteiger partial charge in [-0.15, -0.1) is 13.2 Å². The van der Waals surface area contributed by atoms with Gasteiger partial charge in [0.1, 0.15) is 11.9 Å². The van der Waals surface area contributed by atoms with E-state index in [-0.39, 0.29) is 11.8 Å². The third-order valence-electron chi connectivity index (χ3n) is 5.99. The Labute approximate surface area is 208 Å². The van der Waals surface area contributed by atoms with Crippen LogP contribution in [0.2, 0.25) is 0 Å². The maximum atomic E-state index is 12.7. The number of anilines is 2. The maximum Gasteiger partial charge on any atom is 0.573 e. The van der Waals surface area contributed by atoms with Crippen LogP contribution in [0.4, 0.5) is 29.3 Å². The molecule has 2 N–H and O–H groups in total. The zero-order valence-corrected chi connectivity index (χ0v) is 20.1. The molecule has 1 fully saturated rings. The molecule has 4 rings (SSSR count). The fourth-order valence-corrected chi connectivity index (χ4v) is 4.15. The summed E-state index contributed by atoms with van der Waals surface area (Å²) in [6.07, 6.45) is -2.94. The van der Waals surface area contributed by atoms with Gasteiger partial charge in [0, 0.05) is 24.3 Å². The average Bonchev–Trinajstić information content (AvgIpc) is 2.82. The predicted octanol–water partition coefficient (Wildman–Crippen LogP) is 6.68. The highest BCUT2D eigenvalue weighted by molar-refractivity contribution is 6.01. The predicted molar refractivity (Wildman–Crippen MR) is 134 cm³/mol. The molecular weight excluding hydrogens is 471 g/mol. The monoisotopic (exact) mass is 499 g/mol. The highest BCUT2D eigenvalue weighted by Crippen LogP contribution is 2.36. The van der Waals surface area contributed by atoms with Gasteiger partial charge in [0.25, 0.3) is 0 Å². The van der Waals surface area contributed by atoms with Crippen molar-refractivity contribution in [3.63, 3.8) is 0 Å². The SMILES string of the molecule is Cc1ccccc1-c1cc(NC(=O)Nc2ccccc2OC(F)(F)F)ccc1OC1CCN(C)CC1. The molecule has 0 saturated carbocycles. The summed E-state index contributed by atoms with van der Waals surface area (Å²) in [5.74, 6) is 0.219. The lowest BCUT2D eigenvalue weighted by atomic mass is 9.99. The van der Waals surface area contributed by atoms with Crippen LogP contribution in [0, 0.1) is 6.92 Å². The number of rotatable bonds is 6. The minimum Gasteiger partial charge on any atom is -0.490 e. The molecule has 0 spiro atoms. The summed E-state index contributed by atoms with van der Waals surface area (Å²) in [7, 11) is 2.09. The second kappa shape index (κ2) is 10.9. The van der Waals surface area contributed by atoms with E-state index in [1.54, 1.807) is 6.07 Å². The Morgan fingerprint density at radius 2 is 1.61 bits per heavy atom. The minimum atomic E-state index is -4.87. The minimum absolute atomic E-state index is 0.0937. The molecule has 190 valence electrons. The summed E-state index contributed by atoms with van der Waals surface area (Å²) >= 11 is 0. The van der Waals surface area contributed by atoms with Crippen LogP contribution in [0.15, 0.2) is 66.7 Å². The third-order valence-corrected chi connectivity index (χ3v) is 5.99. The molecule has 6 nitrogen and oxygen atoms in total. The van der Waals surface area contributed by atoms with E-state index in [2.05, 4.69) is 27.3 Å². The molecule has 36 heavy (non-hydrogen) atoms. The molecule has 3 aromatic carbocycles. The number of benzene rings is 3. The van der Waals surface area contributed by atoms with E-state index in [1.807, 2.05) is 43.3 Å². The summed E-state index contributed by atoms with van der Waals surface area (Å²) in [6.45, 7) is 3.92. The Hall–Kier alpha value is -3.72. The van der Waals surface area contributed by atoms with Crippen LogP contribution in [-0.4, -0.2) is 43.5 Å². The van der Waals surface area contributed by atoms with Crippen molar-refractivity contribution in [1.29, 1.82) is 0 Å². The Balaban J connectivity index is 1.55. The normalized spacial score (nSPS) is 14.8. The van der Waals surface area contributed by atoms with Crippen molar-refractivity contribution in [2.45, 2.75) is 32.2 Å². The molecule has 3 aromatic rings. The van der Waals surface area contributed by atoms with E-state index in [9.17, 15) is 18.0 Å². The van der Waals surface area contributed by atoms with Crippen LogP contribution in [0.25, 0.3) is 11.1 Å². The number of hydrogen-bond acceptors (Lipinski definition) is 4. The highest BCUT2D eigenvalue weighted by atomic mass is 19.4. The lowest BCUT2D eigenvalue weighted by Gasteiger charge is -2.30. The average molecular weight is 500 g/mol. The summed E-state index contributed by atoms with van der Waals surface area (Å²) in [6, 6.07) is 17.9. The van der Waals surface area contributed by atoms with E-state index in [0.717, 1.165) is 48.7 Å². The Kier molecular flexibility index (Phi) is 7.69. The van der Waals surface area contributed by atoms with Gasteiger partial charge in [-0.3, -0.25) is 0 Å². The number of ether oxygens (including phenoxy) is 2. The number of nitrogens with one attached hydrogen (secondary N) is 2. The number of aryl methyl sites for hydroxylation is 1. The largest absolute Gasteiger partial charge is 0.573 e. The number of hydrogen-bond donors (Lipinski definition) is 2. The van der Waals surface area contributed by atoms with E-state index in [1.165, 1.54) is 18.2 Å². The van der Waals surface area contributed by atoms with E-state index in [0.29, 0.717) is 11.4 Å². The molecule has 0 bridgehead atoms. The molecule has 0 aromatic heterocycles. The first-order valence-electron chi connectivity index (χ1n) is 11.7. The second-order valence-electron chi connectivity index (χ2n) is 8.77. The number of piperidine rings is 1. The highest BCUT2D eigenvalue weighted by Gasteiger charge is 2.32. The fourth-order valence-electron chi connectivity index (χ4n) is 4.15. The standard InChI is InChI=1S/C27H28F3N3O3/c1-18-7-3-4-8-21(18)22-17-19(11-12-24(22)35-20-13-15-33(2)16-14-20)31-26(34)32-23-9-5-6-10-25(23)36-27(28,29)30/h3-12,17,20H,13-16H2,1-2H3,(H2,31,32,34). The topological polar surface area (TPSA) is 62.8 Å². The summed E-state index contributed by atoms with van der Waals surface area (Å²) in [5, 5.41) is 5.12. The molecular formula is C27H28F3N3O3. The van der Waals surface area contributed by atoms with Crippen molar-refractivity contribution in [2.75, 3.05) is 30.8 Å². The van der Waals surface area contributed by atoms with Crippen molar-refractivity contribution >= 4 is 17.4 Å². The first kappa shape index (κ1) is 25.4. The van der Waals surface area contributed by atoms with Gasteiger partial charge in [0.05, 0.1) is 5.69 Å². The number of urea groups is 1. The second-order valence-corrected chi connectivity index (χ2v) is 8.77. The molecule has 0 atom stereocenters. The molecule has 0 radical (unpaired) electrons. The van der Waals surface area contributed by atoms with Crippen LogP contribution < -0.4 is 20.1 Å². The quantitative estimate of drug-likeness (QED) is 0.397. The van der Waals surface area contributed by atoms with E-state index >= 15 is 0 Å². The molecule has 1 heterocycles. The van der Waals surface area contributed by atoms with Crippen molar-refractivity contribution in [3.8, 4) is 22.6 Å². The van der Waals surface area contributed by atoms with E-state index in [4.69, 9.17) is 4.74 Å². The maximum absolute atomic E-state index is 12.7. The van der Waals surface area contributed by atoms with Gasteiger partial charge in [-0.25, -0.2) is 4.79 Å². The molecule has 0 unspecified atom stereocenters. The van der Waals surface area contributed by atoms with Gasteiger partial charge < -0.3 is 25.0 Å². The van der Waals surface area contributed by atoms with Crippen molar-refractivity contribution in [3.05, 3.63) is 72.3 Å². The Morgan fingerprint density at radius 1 is 0.917 bits per heavy atom. The van der Waals surface area contributed by atoms with Gasteiger partial charge in [-0.05, 0) is 68.3 Å². The van der Waals surface area contributed by atoms with Crippen molar-refractivity contribution < 1.29 is 27.4 Å². The van der Waals surface area contributed by atoms with Crippen LogP contribution >= 0.6 is 0 Å². The lowest BCUT2D eigenvalue weighted by molar-refractivity contribution is -0.274. The Morgan fingerprint density at radius 3 is 2.33 bits per heavy atom. The number of halogens is 3. The third kappa shape index (κ3) is 6.69. The van der Waals surface area contributed by atoms with Crippen LogP contribution in [0.1, 0.15) is 18.4 Å². The number of carbonyl (C=O) groups excluding carboxylic acids is 1. The molecule has 9 heteroatoms. The van der Waals surface area contributed by atoms with Crippen molar-refractivity contribution in [1.82, 2.24) is 4.90 Å². The van der Waals surface area contributed by atoms with Gasteiger partial charge in [0.2, 0.25) is 0 Å². The number of alkyl halides is 3. The van der Waals surface area contributed by atoms with Gasteiger partial charge in [-0.1, -0.05) is 36.4 Å². The fraction of sp³-hybridized carbons (Fsp3) is 0.296. The van der Waals surface area contributed by atoms with Crippen LogP contribution in [-0.2, 0) is 0 Å². The first-order valence-corrected chi connectivity index (χ1v) is 11.7. The number of carbonyl (C=O) groups is 1. The van der Waals surface area contributed by atoms with Gasteiger partial charge in [-0.2, -0.15) is 0 Å². The molecule has 2 amide bonds. The first-order chi connectivity index (χ1) is 17.2. The molecule has 0 aliphatic carbocycles. The number of para-hydroxylation sites is 2. The zero-order chi connectivity index (χ0) is 25.7. The zero-order valence-electron chi connectivity index (χ0n) is 20.1. The summed E-state index contributed by atoms with van der Waals surface area (Å²) in [4.78, 5) is 14.9. The Bertz CT molecular complexity index is 1210. The molecule has 1 aliphatic heterocycles. The lowest BCUT2D eigenvalue weighted by Crippen LogP contribution is -2.35. The number of nitrogens with zero attached hydrogens (tertiary/aromatic N) is 1. The molecule has 1 saturated heterocycles. The van der Waals surface area contributed by atoms with Crippen molar-refractivity contribution in [2.24, 2.45) is 0 Å². The van der Waals surface area contributed by atoms with Gasteiger partial charge >= 0.3 is 12.4 Å². The number of amides is 2. The molecule has 1 aliphatic rings. The van der Waals surface area contributed by atoms with Gasteiger partial charge in [0.15, 0.2) is 5.75 Å². The number of likely N-dealkylation sites (tertiary alicyclic amines) is 1. The smallest absolute Gasteiger partial charge is 0.490 e. The summed E-state index contributed by atoms with van der Waals surface area (Å²) < 4.78 is 48.5. The van der Waals surface area contributed by atoms with E-state index < -0.39 is 18.1 Å². The van der Waals surface area contributed by atoms with Crippen LogP contribution in [0.5, 0.6) is 11.5 Å².